The minimum Gasteiger partial charge on any atom is -0.370 e. The Hall–Kier alpha value is -2.24. The van der Waals surface area contributed by atoms with E-state index in [1.54, 1.807) is 23.2 Å². The highest BCUT2D eigenvalue weighted by molar-refractivity contribution is 5.93. The Morgan fingerprint density at radius 1 is 1.59 bits per heavy atom. The monoisotopic (exact) mass is 231 g/mol. The zero-order valence-corrected chi connectivity index (χ0v) is 9.13. The van der Waals surface area contributed by atoms with Gasteiger partial charge in [-0.25, -0.2) is 4.99 Å². The number of aliphatic imine (C=N–C) groups is 1. The lowest BCUT2D eigenvalue weighted by molar-refractivity contribution is 0.0669. The summed E-state index contributed by atoms with van der Waals surface area (Å²) in [5.74, 6) is 0.336. The lowest BCUT2D eigenvalue weighted by atomic mass is 10.1. The lowest BCUT2D eigenvalue weighted by Gasteiger charge is -2.33. The zero-order chi connectivity index (χ0) is 11.8. The third kappa shape index (κ3) is 1.57. The normalized spacial score (nSPS) is 26.4. The number of nitrogens with one attached hydrogen (secondary N) is 2. The summed E-state index contributed by atoms with van der Waals surface area (Å²) in [5, 5.41) is 3.02. The van der Waals surface area contributed by atoms with Gasteiger partial charge in [0.2, 0.25) is 0 Å². The fraction of sp³-hybridized carbons (Fsp3) is 0.273. The molecule has 0 fully saturated rings. The largest absolute Gasteiger partial charge is 0.370 e. The Bertz CT molecular complexity index is 490. The van der Waals surface area contributed by atoms with Gasteiger partial charge in [-0.3, -0.25) is 4.79 Å². The van der Waals surface area contributed by atoms with E-state index in [2.05, 4.69) is 15.3 Å². The number of amides is 1. The zero-order valence-electron chi connectivity index (χ0n) is 9.13. The van der Waals surface area contributed by atoms with Crippen molar-refractivity contribution < 1.29 is 4.79 Å². The molecule has 4 N–H and O–H groups in total. The van der Waals surface area contributed by atoms with Gasteiger partial charge in [0.15, 0.2) is 5.96 Å². The van der Waals surface area contributed by atoms with Gasteiger partial charge in [-0.1, -0.05) is 12.2 Å². The number of nitrogens with two attached hydrogens (primary N) is 1. The number of aromatic nitrogens is 1. The molecule has 6 heteroatoms. The quantitative estimate of drug-likeness (QED) is 0.577. The molecule has 0 bridgehead atoms. The topological polar surface area (TPSA) is 86.5 Å². The maximum Gasteiger partial charge on any atom is 0.272 e. The van der Waals surface area contributed by atoms with E-state index in [4.69, 9.17) is 5.73 Å². The highest BCUT2D eigenvalue weighted by Gasteiger charge is 2.36. The van der Waals surface area contributed by atoms with Crippen molar-refractivity contribution >= 4 is 11.9 Å². The number of aromatic amines is 1. The van der Waals surface area contributed by atoms with Gasteiger partial charge < -0.3 is 20.9 Å². The van der Waals surface area contributed by atoms with Crippen molar-refractivity contribution in [3.8, 4) is 0 Å². The molecule has 1 aromatic heterocycles. The fourth-order valence-corrected chi connectivity index (χ4v) is 2.17. The van der Waals surface area contributed by atoms with Crippen molar-refractivity contribution in [2.24, 2.45) is 10.7 Å². The summed E-state index contributed by atoms with van der Waals surface area (Å²) < 4.78 is 0. The Morgan fingerprint density at radius 2 is 2.47 bits per heavy atom. The van der Waals surface area contributed by atoms with Crippen molar-refractivity contribution in [2.45, 2.75) is 12.2 Å². The molecule has 2 unspecified atom stereocenters. The van der Waals surface area contributed by atoms with Crippen molar-refractivity contribution in [1.82, 2.24) is 15.2 Å². The lowest BCUT2D eigenvalue weighted by Crippen LogP contribution is -2.54. The van der Waals surface area contributed by atoms with Crippen molar-refractivity contribution in [3.05, 3.63) is 36.2 Å². The first kappa shape index (κ1) is 9.95. The summed E-state index contributed by atoms with van der Waals surface area (Å²) in [6.45, 7) is 0.564. The van der Waals surface area contributed by atoms with E-state index in [0.717, 1.165) is 0 Å². The maximum absolute atomic E-state index is 12.2. The van der Waals surface area contributed by atoms with Gasteiger partial charge >= 0.3 is 0 Å². The average Bonchev–Trinajstić information content (AvgIpc) is 2.94. The van der Waals surface area contributed by atoms with Crippen molar-refractivity contribution in [1.29, 1.82) is 0 Å². The summed E-state index contributed by atoms with van der Waals surface area (Å²) >= 11 is 0. The minimum absolute atomic E-state index is 0.0493. The summed E-state index contributed by atoms with van der Waals surface area (Å²) in [7, 11) is 0. The van der Waals surface area contributed by atoms with E-state index < -0.39 is 0 Å². The molecule has 17 heavy (non-hydrogen) atoms. The molecule has 3 rings (SSSR count). The van der Waals surface area contributed by atoms with E-state index in [1.165, 1.54) is 0 Å². The number of carbonyl (C=O) groups excluding carboxylic acids is 1. The van der Waals surface area contributed by atoms with Crippen LogP contribution in [0, 0.1) is 0 Å². The number of carbonyl (C=O) groups is 1. The smallest absolute Gasteiger partial charge is 0.272 e. The third-order valence-corrected chi connectivity index (χ3v) is 2.97. The van der Waals surface area contributed by atoms with Gasteiger partial charge in [0.1, 0.15) is 17.9 Å². The van der Waals surface area contributed by atoms with Gasteiger partial charge in [0.05, 0.1) is 0 Å². The van der Waals surface area contributed by atoms with Crippen LogP contribution in [0.3, 0.4) is 0 Å². The SMILES string of the molecule is NC1=NC2C=CCN(C(=O)c3ccc[nH]3)C2N1. The van der Waals surface area contributed by atoms with Crippen LogP contribution in [0.25, 0.3) is 0 Å². The molecule has 0 saturated carbocycles. The number of guanidine groups is 1. The number of hydrogen-bond donors (Lipinski definition) is 3. The van der Waals surface area contributed by atoms with Crippen LogP contribution in [-0.4, -0.2) is 40.5 Å². The number of nitrogens with zero attached hydrogens (tertiary/aromatic N) is 2. The van der Waals surface area contributed by atoms with Crippen LogP contribution in [0.15, 0.2) is 35.5 Å². The van der Waals surface area contributed by atoms with Gasteiger partial charge in [-0.2, -0.15) is 0 Å². The Labute approximate surface area is 98.2 Å². The van der Waals surface area contributed by atoms with E-state index in [9.17, 15) is 4.79 Å². The molecular formula is C11H13N5O. The summed E-state index contributed by atoms with van der Waals surface area (Å²) in [6, 6.07) is 3.48. The van der Waals surface area contributed by atoms with E-state index in [0.29, 0.717) is 18.2 Å². The molecule has 88 valence electrons. The minimum atomic E-state index is -0.171. The predicted octanol–water partition coefficient (Wildman–Crippen LogP) is -0.361. The van der Waals surface area contributed by atoms with Crippen LogP contribution in [-0.2, 0) is 0 Å². The second-order valence-corrected chi connectivity index (χ2v) is 4.06. The van der Waals surface area contributed by atoms with Crippen LogP contribution in [0.1, 0.15) is 10.5 Å². The van der Waals surface area contributed by atoms with E-state index in [-0.39, 0.29) is 18.1 Å². The predicted molar refractivity (Wildman–Crippen MR) is 63.3 cm³/mol. The summed E-state index contributed by atoms with van der Waals surface area (Å²) in [4.78, 5) is 21.1. The first-order chi connectivity index (χ1) is 8.25. The summed E-state index contributed by atoms with van der Waals surface area (Å²) in [6.07, 6.45) is 5.47. The maximum atomic E-state index is 12.2. The Morgan fingerprint density at radius 3 is 3.24 bits per heavy atom. The first-order valence-corrected chi connectivity index (χ1v) is 5.46. The van der Waals surface area contributed by atoms with Crippen molar-refractivity contribution in [3.63, 3.8) is 0 Å². The molecule has 0 aliphatic carbocycles. The molecule has 1 amide bonds. The van der Waals surface area contributed by atoms with Crippen LogP contribution >= 0.6 is 0 Å². The van der Waals surface area contributed by atoms with Gasteiger partial charge in [0.25, 0.3) is 5.91 Å². The molecule has 2 aliphatic rings. The standard InChI is InChI=1S/C11H13N5O/c12-11-14-7-4-2-6-16(9(7)15-11)10(17)8-3-1-5-13-8/h1-5,7,9,13H,6H2,(H3,12,14,15). The number of hydrogen-bond acceptors (Lipinski definition) is 4. The van der Waals surface area contributed by atoms with Gasteiger partial charge in [0, 0.05) is 12.7 Å². The van der Waals surface area contributed by atoms with E-state index in [1.807, 2.05) is 12.2 Å². The number of rotatable bonds is 1. The van der Waals surface area contributed by atoms with Crippen molar-refractivity contribution in [2.75, 3.05) is 6.54 Å². The molecule has 0 aromatic carbocycles. The van der Waals surface area contributed by atoms with Crippen LogP contribution in [0.2, 0.25) is 0 Å². The van der Waals surface area contributed by atoms with Crippen LogP contribution < -0.4 is 11.1 Å². The molecule has 2 atom stereocenters. The van der Waals surface area contributed by atoms with Gasteiger partial charge in [-0.15, -0.1) is 0 Å². The molecular weight excluding hydrogens is 218 g/mol. The number of fused-ring (bicyclic) bond motifs is 1. The second-order valence-electron chi connectivity index (χ2n) is 4.06. The molecule has 0 radical (unpaired) electrons. The summed E-state index contributed by atoms with van der Waals surface area (Å²) in [5.41, 5.74) is 6.21. The Kier molecular flexibility index (Phi) is 2.14. The van der Waals surface area contributed by atoms with E-state index >= 15 is 0 Å². The van der Waals surface area contributed by atoms with Crippen LogP contribution in [0.5, 0.6) is 0 Å². The average molecular weight is 231 g/mol. The molecule has 3 heterocycles. The molecule has 0 spiro atoms. The fourth-order valence-electron chi connectivity index (χ4n) is 2.17. The third-order valence-electron chi connectivity index (χ3n) is 2.97. The molecule has 2 aliphatic heterocycles. The molecule has 6 nitrogen and oxygen atoms in total. The molecule has 0 saturated heterocycles. The van der Waals surface area contributed by atoms with Gasteiger partial charge in [-0.05, 0) is 12.1 Å². The van der Waals surface area contributed by atoms with Crippen LogP contribution in [0.4, 0.5) is 0 Å². The first-order valence-electron chi connectivity index (χ1n) is 5.46. The second kappa shape index (κ2) is 3.65. The molecule has 1 aromatic rings. The Balaban J connectivity index is 1.85. The highest BCUT2D eigenvalue weighted by atomic mass is 16.2. The highest BCUT2D eigenvalue weighted by Crippen LogP contribution is 2.18. The number of H-pyrrole nitrogens is 1.